The Morgan fingerprint density at radius 1 is 1.44 bits per heavy atom. The minimum atomic E-state index is 0.305. The highest BCUT2D eigenvalue weighted by Crippen LogP contribution is 2.30. The fourth-order valence-electron chi connectivity index (χ4n) is 1.61. The molecule has 1 saturated carbocycles. The molecule has 16 heavy (non-hydrogen) atoms. The van der Waals surface area contributed by atoms with Gasteiger partial charge in [-0.15, -0.1) is 0 Å². The molecule has 0 atom stereocenters. The SMILES string of the molecule is CC(C)c1nc(NN)cc(N(C)C2CC2)n1. The van der Waals surface area contributed by atoms with E-state index < -0.39 is 0 Å². The molecular formula is C11H19N5. The van der Waals surface area contributed by atoms with E-state index in [4.69, 9.17) is 5.84 Å². The number of anilines is 2. The van der Waals surface area contributed by atoms with E-state index in [0.717, 1.165) is 11.6 Å². The van der Waals surface area contributed by atoms with E-state index in [-0.39, 0.29) is 0 Å². The van der Waals surface area contributed by atoms with Crippen molar-refractivity contribution in [1.82, 2.24) is 9.97 Å². The van der Waals surface area contributed by atoms with Gasteiger partial charge in [0.05, 0.1) is 0 Å². The zero-order chi connectivity index (χ0) is 11.7. The van der Waals surface area contributed by atoms with E-state index in [1.165, 1.54) is 12.8 Å². The van der Waals surface area contributed by atoms with Gasteiger partial charge >= 0.3 is 0 Å². The van der Waals surface area contributed by atoms with Crippen LogP contribution in [0.25, 0.3) is 0 Å². The number of nitrogens with two attached hydrogens (primary N) is 1. The summed E-state index contributed by atoms with van der Waals surface area (Å²) in [4.78, 5) is 11.1. The number of hydrazine groups is 1. The fraction of sp³-hybridized carbons (Fsp3) is 0.636. The molecule has 0 aliphatic heterocycles. The van der Waals surface area contributed by atoms with Crippen LogP contribution in [0.4, 0.5) is 11.6 Å². The molecule has 1 aliphatic carbocycles. The number of hydrogen-bond acceptors (Lipinski definition) is 5. The highest BCUT2D eigenvalue weighted by Gasteiger charge is 2.27. The first-order chi connectivity index (χ1) is 7.61. The highest BCUT2D eigenvalue weighted by molar-refractivity contribution is 5.50. The number of hydrogen-bond donors (Lipinski definition) is 2. The maximum absolute atomic E-state index is 5.42. The van der Waals surface area contributed by atoms with Gasteiger partial charge in [-0.05, 0) is 12.8 Å². The quantitative estimate of drug-likeness (QED) is 0.595. The minimum Gasteiger partial charge on any atom is -0.357 e. The van der Waals surface area contributed by atoms with E-state index >= 15 is 0 Å². The normalized spacial score (nSPS) is 15.3. The Bertz CT molecular complexity index is 373. The molecule has 1 aromatic rings. The van der Waals surface area contributed by atoms with Gasteiger partial charge in [0, 0.05) is 25.1 Å². The second kappa shape index (κ2) is 4.25. The Hall–Kier alpha value is -1.36. The molecule has 1 aromatic heterocycles. The first-order valence-electron chi connectivity index (χ1n) is 5.70. The van der Waals surface area contributed by atoms with Crippen molar-refractivity contribution in [2.75, 3.05) is 17.4 Å². The van der Waals surface area contributed by atoms with E-state index in [9.17, 15) is 0 Å². The van der Waals surface area contributed by atoms with Crippen LogP contribution < -0.4 is 16.2 Å². The smallest absolute Gasteiger partial charge is 0.145 e. The molecule has 0 bridgehead atoms. The molecule has 5 nitrogen and oxygen atoms in total. The van der Waals surface area contributed by atoms with Crippen LogP contribution in [0.1, 0.15) is 38.4 Å². The average molecular weight is 221 g/mol. The molecular weight excluding hydrogens is 202 g/mol. The molecule has 0 unspecified atom stereocenters. The third kappa shape index (κ3) is 2.24. The Morgan fingerprint density at radius 2 is 2.12 bits per heavy atom. The van der Waals surface area contributed by atoms with Crippen LogP contribution in [-0.4, -0.2) is 23.1 Å². The van der Waals surface area contributed by atoms with Gasteiger partial charge in [0.2, 0.25) is 0 Å². The summed E-state index contributed by atoms with van der Waals surface area (Å²) in [6, 6.07) is 2.53. The van der Waals surface area contributed by atoms with Crippen molar-refractivity contribution >= 4 is 11.6 Å². The van der Waals surface area contributed by atoms with Crippen LogP contribution in [0, 0.1) is 0 Å². The Morgan fingerprint density at radius 3 is 2.62 bits per heavy atom. The summed E-state index contributed by atoms with van der Waals surface area (Å²) in [5.41, 5.74) is 2.60. The number of rotatable bonds is 4. The third-order valence-electron chi connectivity index (χ3n) is 2.85. The largest absolute Gasteiger partial charge is 0.357 e. The van der Waals surface area contributed by atoms with Gasteiger partial charge < -0.3 is 10.3 Å². The standard InChI is InChI=1S/C11H19N5/c1-7(2)11-13-9(15-12)6-10(14-11)16(3)8-4-5-8/h6-8H,4-5,12H2,1-3H3,(H,13,14,15). The number of nitrogen functional groups attached to an aromatic ring is 1. The monoisotopic (exact) mass is 221 g/mol. The number of nitrogens with one attached hydrogen (secondary N) is 1. The van der Waals surface area contributed by atoms with Crippen molar-refractivity contribution in [3.63, 3.8) is 0 Å². The number of aromatic nitrogens is 2. The van der Waals surface area contributed by atoms with Crippen molar-refractivity contribution in [2.24, 2.45) is 5.84 Å². The third-order valence-corrected chi connectivity index (χ3v) is 2.85. The summed E-state index contributed by atoms with van der Waals surface area (Å²) in [6.45, 7) is 4.16. The van der Waals surface area contributed by atoms with Crippen molar-refractivity contribution in [3.8, 4) is 0 Å². The first kappa shape index (κ1) is 11.1. The van der Waals surface area contributed by atoms with Gasteiger partial charge in [0.25, 0.3) is 0 Å². The highest BCUT2D eigenvalue weighted by atomic mass is 15.3. The van der Waals surface area contributed by atoms with Crippen LogP contribution in [0.2, 0.25) is 0 Å². The zero-order valence-electron chi connectivity index (χ0n) is 10.1. The van der Waals surface area contributed by atoms with Crippen LogP contribution in [0.3, 0.4) is 0 Å². The molecule has 0 aromatic carbocycles. The lowest BCUT2D eigenvalue weighted by atomic mass is 10.2. The molecule has 0 saturated heterocycles. The Labute approximate surface area is 96.0 Å². The molecule has 0 spiro atoms. The van der Waals surface area contributed by atoms with Crippen LogP contribution in [0.5, 0.6) is 0 Å². The van der Waals surface area contributed by atoms with Crippen molar-refractivity contribution in [1.29, 1.82) is 0 Å². The molecule has 5 heteroatoms. The maximum Gasteiger partial charge on any atom is 0.145 e. The lowest BCUT2D eigenvalue weighted by Crippen LogP contribution is -2.22. The Balaban J connectivity index is 2.31. The lowest BCUT2D eigenvalue weighted by Gasteiger charge is -2.19. The molecule has 1 aliphatic rings. The average Bonchev–Trinajstić information content (AvgIpc) is 3.11. The first-order valence-corrected chi connectivity index (χ1v) is 5.70. The summed E-state index contributed by atoms with van der Waals surface area (Å²) < 4.78 is 0. The Kier molecular flexibility index (Phi) is 2.96. The molecule has 1 fully saturated rings. The van der Waals surface area contributed by atoms with Gasteiger partial charge in [-0.2, -0.15) is 0 Å². The van der Waals surface area contributed by atoms with Crippen molar-refractivity contribution < 1.29 is 0 Å². The molecule has 2 rings (SSSR count). The molecule has 0 radical (unpaired) electrons. The molecule has 1 heterocycles. The van der Waals surface area contributed by atoms with Gasteiger partial charge in [-0.3, -0.25) is 0 Å². The van der Waals surface area contributed by atoms with Crippen LogP contribution in [-0.2, 0) is 0 Å². The fourth-order valence-corrected chi connectivity index (χ4v) is 1.61. The molecule has 88 valence electrons. The molecule has 3 N–H and O–H groups in total. The van der Waals surface area contributed by atoms with Crippen LogP contribution in [0.15, 0.2) is 6.07 Å². The summed E-state index contributed by atoms with van der Waals surface area (Å²) >= 11 is 0. The van der Waals surface area contributed by atoms with Gasteiger partial charge in [0.15, 0.2) is 0 Å². The summed E-state index contributed by atoms with van der Waals surface area (Å²) in [6.07, 6.45) is 2.51. The summed E-state index contributed by atoms with van der Waals surface area (Å²) in [5, 5.41) is 0. The zero-order valence-corrected chi connectivity index (χ0v) is 10.1. The van der Waals surface area contributed by atoms with E-state index in [1.807, 2.05) is 6.07 Å². The molecule has 0 amide bonds. The predicted molar refractivity (Wildman–Crippen MR) is 65.4 cm³/mol. The summed E-state index contributed by atoms with van der Waals surface area (Å²) in [7, 11) is 2.07. The van der Waals surface area contributed by atoms with Gasteiger partial charge in [0.1, 0.15) is 17.5 Å². The number of nitrogens with zero attached hydrogens (tertiary/aromatic N) is 3. The van der Waals surface area contributed by atoms with E-state index in [2.05, 4.69) is 41.2 Å². The van der Waals surface area contributed by atoms with Gasteiger partial charge in [-0.25, -0.2) is 15.8 Å². The predicted octanol–water partition coefficient (Wildman–Crippen LogP) is 1.48. The minimum absolute atomic E-state index is 0.305. The van der Waals surface area contributed by atoms with E-state index in [0.29, 0.717) is 17.8 Å². The van der Waals surface area contributed by atoms with E-state index in [1.54, 1.807) is 0 Å². The second-order valence-corrected chi connectivity index (χ2v) is 4.61. The van der Waals surface area contributed by atoms with Crippen molar-refractivity contribution in [3.05, 3.63) is 11.9 Å². The lowest BCUT2D eigenvalue weighted by molar-refractivity contribution is 0.762. The second-order valence-electron chi connectivity index (χ2n) is 4.61. The van der Waals surface area contributed by atoms with Crippen molar-refractivity contribution in [2.45, 2.75) is 38.6 Å². The summed E-state index contributed by atoms with van der Waals surface area (Å²) in [5.74, 6) is 8.19. The van der Waals surface area contributed by atoms with Crippen LogP contribution >= 0.6 is 0 Å². The topological polar surface area (TPSA) is 67.1 Å². The maximum atomic E-state index is 5.42. The van der Waals surface area contributed by atoms with Gasteiger partial charge in [-0.1, -0.05) is 13.8 Å².